The normalized spacial score (nSPS) is 17.9. The van der Waals surface area contributed by atoms with Crippen LogP contribution in [0.5, 0.6) is 0 Å². The summed E-state index contributed by atoms with van der Waals surface area (Å²) >= 11 is 0. The lowest BCUT2D eigenvalue weighted by molar-refractivity contribution is -0.140. The van der Waals surface area contributed by atoms with Crippen molar-refractivity contribution in [3.63, 3.8) is 0 Å². The molecule has 1 aromatic rings. The largest absolute Gasteiger partial charge is 0.373 e. The van der Waals surface area contributed by atoms with Crippen molar-refractivity contribution >= 4 is 36.6 Å². The van der Waals surface area contributed by atoms with Gasteiger partial charge in [0.15, 0.2) is 0 Å². The second-order valence-corrected chi connectivity index (χ2v) is 6.56. The van der Waals surface area contributed by atoms with Crippen LogP contribution in [0.15, 0.2) is 12.4 Å². The lowest BCUT2D eigenvalue weighted by Crippen LogP contribution is -2.52. The molecule has 8 nitrogen and oxygen atoms in total. The molecule has 2 atom stereocenters. The Hall–Kier alpha value is -1.35. The van der Waals surface area contributed by atoms with Crippen molar-refractivity contribution in [2.24, 2.45) is 11.7 Å². The molecule has 150 valence electrons. The first-order chi connectivity index (χ1) is 11.4. The summed E-state index contributed by atoms with van der Waals surface area (Å²) in [5, 5.41) is 6.85. The minimum atomic E-state index is -0.599. The first-order valence-electron chi connectivity index (χ1n) is 8.28. The van der Waals surface area contributed by atoms with Crippen molar-refractivity contribution in [3.8, 4) is 0 Å². The second-order valence-electron chi connectivity index (χ2n) is 6.56. The highest BCUT2D eigenvalue weighted by molar-refractivity contribution is 5.87. The van der Waals surface area contributed by atoms with Crippen LogP contribution in [0.3, 0.4) is 0 Å². The molecule has 1 unspecified atom stereocenters. The van der Waals surface area contributed by atoms with E-state index in [1.807, 2.05) is 31.6 Å². The average molecular weight is 410 g/mol. The van der Waals surface area contributed by atoms with Gasteiger partial charge in [0.2, 0.25) is 11.8 Å². The predicted octanol–water partition coefficient (Wildman–Crippen LogP) is 0.362. The van der Waals surface area contributed by atoms with Crippen LogP contribution in [-0.2, 0) is 20.9 Å². The molecule has 26 heavy (non-hydrogen) atoms. The van der Waals surface area contributed by atoms with E-state index < -0.39 is 6.04 Å². The molecule has 2 rings (SSSR count). The van der Waals surface area contributed by atoms with E-state index in [-0.39, 0.29) is 55.2 Å². The lowest BCUT2D eigenvalue weighted by Gasteiger charge is -2.33. The first kappa shape index (κ1) is 24.7. The number of morpholine rings is 1. The third-order valence-corrected chi connectivity index (χ3v) is 4.08. The molecule has 0 spiro atoms. The third-order valence-electron chi connectivity index (χ3n) is 4.08. The zero-order valence-corrected chi connectivity index (χ0v) is 17.0. The molecule has 1 aromatic heterocycles. The Labute approximate surface area is 166 Å². The molecule has 1 aliphatic rings. The zero-order chi connectivity index (χ0) is 17.7. The van der Waals surface area contributed by atoms with Crippen molar-refractivity contribution in [2.75, 3.05) is 26.2 Å². The minimum absolute atomic E-state index is 0. The van der Waals surface area contributed by atoms with Crippen LogP contribution in [0.2, 0.25) is 0 Å². The van der Waals surface area contributed by atoms with Crippen LogP contribution in [0, 0.1) is 12.8 Å². The van der Waals surface area contributed by atoms with Gasteiger partial charge in [-0.05, 0) is 18.4 Å². The molecule has 2 amide bonds. The molecule has 0 bridgehead atoms. The number of carbonyl (C=O) groups excluding carboxylic acids is 2. The molecule has 2 heterocycles. The second kappa shape index (κ2) is 11.4. The van der Waals surface area contributed by atoms with Gasteiger partial charge in [-0.1, -0.05) is 13.8 Å². The maximum Gasteiger partial charge on any atom is 0.242 e. The van der Waals surface area contributed by atoms with E-state index in [1.165, 1.54) is 0 Å². The molecule has 1 aliphatic heterocycles. The number of aryl methyl sites for hydroxylation is 1. The number of halogens is 2. The fourth-order valence-corrected chi connectivity index (χ4v) is 2.53. The van der Waals surface area contributed by atoms with Crippen LogP contribution in [-0.4, -0.2) is 64.9 Å². The Balaban J connectivity index is 0.00000312. The summed E-state index contributed by atoms with van der Waals surface area (Å²) in [5.74, 6) is -0.384. The van der Waals surface area contributed by atoms with E-state index >= 15 is 0 Å². The van der Waals surface area contributed by atoms with E-state index in [1.54, 1.807) is 11.1 Å². The first-order valence-corrected chi connectivity index (χ1v) is 8.28. The monoisotopic (exact) mass is 409 g/mol. The zero-order valence-electron chi connectivity index (χ0n) is 15.4. The number of aromatic nitrogens is 2. The van der Waals surface area contributed by atoms with Gasteiger partial charge < -0.3 is 20.7 Å². The van der Waals surface area contributed by atoms with Crippen LogP contribution >= 0.6 is 24.8 Å². The summed E-state index contributed by atoms with van der Waals surface area (Å²) < 4.78 is 7.52. The van der Waals surface area contributed by atoms with Gasteiger partial charge in [0.1, 0.15) is 0 Å². The van der Waals surface area contributed by atoms with E-state index in [2.05, 4.69) is 10.4 Å². The molecule has 10 heteroatoms. The number of hydrogen-bond acceptors (Lipinski definition) is 5. The molecule has 1 fully saturated rings. The summed E-state index contributed by atoms with van der Waals surface area (Å²) in [4.78, 5) is 25.8. The van der Waals surface area contributed by atoms with Gasteiger partial charge in [-0.3, -0.25) is 14.3 Å². The SMILES string of the molecule is Cc1cnn(CC2CN(C(=O)CNC(=O)[C@@H](N)C(C)C)CCO2)c1.Cl.Cl. The number of nitrogens with zero attached hydrogens (tertiary/aromatic N) is 3. The predicted molar refractivity (Wildman–Crippen MR) is 104 cm³/mol. The highest BCUT2D eigenvalue weighted by Gasteiger charge is 2.25. The molecule has 3 N–H and O–H groups in total. The van der Waals surface area contributed by atoms with Gasteiger partial charge in [0.05, 0.1) is 38.0 Å². The number of ether oxygens (including phenoxy) is 1. The molecule has 0 saturated carbocycles. The third kappa shape index (κ3) is 7.11. The Morgan fingerprint density at radius 1 is 1.42 bits per heavy atom. The van der Waals surface area contributed by atoms with Crippen LogP contribution in [0.4, 0.5) is 0 Å². The highest BCUT2D eigenvalue weighted by Crippen LogP contribution is 2.08. The Bertz CT molecular complexity index is 582. The maximum absolute atomic E-state index is 12.3. The Morgan fingerprint density at radius 2 is 2.12 bits per heavy atom. The molecular formula is C16H29Cl2N5O3. The van der Waals surface area contributed by atoms with Gasteiger partial charge in [-0.15, -0.1) is 24.8 Å². The van der Waals surface area contributed by atoms with Crippen molar-refractivity contribution in [3.05, 3.63) is 18.0 Å². The van der Waals surface area contributed by atoms with E-state index in [0.717, 1.165) is 5.56 Å². The van der Waals surface area contributed by atoms with Gasteiger partial charge in [0, 0.05) is 19.3 Å². The van der Waals surface area contributed by atoms with Crippen LogP contribution in [0.1, 0.15) is 19.4 Å². The standard InChI is InChI=1S/C16H27N5O3.2ClH/c1-11(2)15(17)16(23)18-7-14(22)20-4-5-24-13(9-20)10-21-8-12(3)6-19-21;;/h6,8,11,13,15H,4-5,7,9-10,17H2,1-3H3,(H,18,23);2*1H/t13?,15-;;/m0../s1. The fraction of sp³-hybridized carbons (Fsp3) is 0.688. The lowest BCUT2D eigenvalue weighted by atomic mass is 10.1. The van der Waals surface area contributed by atoms with Crippen molar-refractivity contribution < 1.29 is 14.3 Å². The van der Waals surface area contributed by atoms with Crippen molar-refractivity contribution in [1.82, 2.24) is 20.0 Å². The van der Waals surface area contributed by atoms with E-state index in [0.29, 0.717) is 26.2 Å². The van der Waals surface area contributed by atoms with Crippen molar-refractivity contribution in [1.29, 1.82) is 0 Å². The molecular weight excluding hydrogens is 381 g/mol. The molecule has 0 aliphatic carbocycles. The Morgan fingerprint density at radius 3 is 2.69 bits per heavy atom. The number of nitrogens with two attached hydrogens (primary N) is 1. The van der Waals surface area contributed by atoms with Crippen molar-refractivity contribution in [2.45, 2.75) is 39.5 Å². The van der Waals surface area contributed by atoms with Gasteiger partial charge in [-0.2, -0.15) is 5.10 Å². The number of hydrogen-bond donors (Lipinski definition) is 2. The van der Waals surface area contributed by atoms with E-state index in [4.69, 9.17) is 10.5 Å². The smallest absolute Gasteiger partial charge is 0.242 e. The molecule has 0 aromatic carbocycles. The maximum atomic E-state index is 12.3. The summed E-state index contributed by atoms with van der Waals surface area (Å²) in [7, 11) is 0. The Kier molecular flexibility index (Phi) is 10.8. The number of rotatable bonds is 6. The summed E-state index contributed by atoms with van der Waals surface area (Å²) in [6.07, 6.45) is 3.63. The summed E-state index contributed by atoms with van der Waals surface area (Å²) in [5.41, 5.74) is 6.85. The summed E-state index contributed by atoms with van der Waals surface area (Å²) in [6.45, 7) is 7.78. The number of nitrogens with one attached hydrogen (secondary N) is 1. The quantitative estimate of drug-likeness (QED) is 0.705. The van der Waals surface area contributed by atoms with E-state index in [9.17, 15) is 9.59 Å². The topological polar surface area (TPSA) is 102 Å². The highest BCUT2D eigenvalue weighted by atomic mass is 35.5. The summed E-state index contributed by atoms with van der Waals surface area (Å²) in [6, 6.07) is -0.599. The minimum Gasteiger partial charge on any atom is -0.373 e. The fourth-order valence-electron chi connectivity index (χ4n) is 2.53. The number of carbonyl (C=O) groups is 2. The van der Waals surface area contributed by atoms with Gasteiger partial charge in [0.25, 0.3) is 0 Å². The van der Waals surface area contributed by atoms with Crippen LogP contribution in [0.25, 0.3) is 0 Å². The molecule has 0 radical (unpaired) electrons. The average Bonchev–Trinajstić information content (AvgIpc) is 2.96. The van der Waals surface area contributed by atoms with Crippen LogP contribution < -0.4 is 11.1 Å². The van der Waals surface area contributed by atoms with Gasteiger partial charge >= 0.3 is 0 Å². The number of amides is 2. The van der Waals surface area contributed by atoms with Gasteiger partial charge in [-0.25, -0.2) is 0 Å². The molecule has 1 saturated heterocycles.